The van der Waals surface area contributed by atoms with E-state index >= 15 is 0 Å². The summed E-state index contributed by atoms with van der Waals surface area (Å²) in [5.41, 5.74) is 7.97. The third kappa shape index (κ3) is 1.04. The van der Waals surface area contributed by atoms with Gasteiger partial charge in [0.2, 0.25) is 0 Å². The Morgan fingerprint density at radius 2 is 2.25 bits per heavy atom. The van der Waals surface area contributed by atoms with Gasteiger partial charge in [-0.2, -0.15) is 0 Å². The molecule has 0 bridgehead atoms. The van der Waals surface area contributed by atoms with Crippen molar-refractivity contribution in [1.82, 2.24) is 0 Å². The van der Waals surface area contributed by atoms with Crippen molar-refractivity contribution in [3.05, 3.63) is 27.5 Å². The van der Waals surface area contributed by atoms with Gasteiger partial charge in [0.1, 0.15) is 0 Å². The molecule has 1 heterocycles. The second-order valence-electron chi connectivity index (χ2n) is 2.75. The lowest BCUT2D eigenvalue weighted by Crippen LogP contribution is -1.89. The van der Waals surface area contributed by atoms with E-state index in [2.05, 4.69) is 40.4 Å². The Morgan fingerprint density at radius 1 is 1.50 bits per heavy atom. The molecule has 0 saturated carbocycles. The van der Waals surface area contributed by atoms with Crippen molar-refractivity contribution in [2.75, 3.05) is 5.73 Å². The van der Waals surface area contributed by atoms with Crippen LogP contribution in [-0.2, 0) is 0 Å². The Balaban J connectivity index is 2.94. The van der Waals surface area contributed by atoms with E-state index in [4.69, 9.17) is 5.73 Å². The van der Waals surface area contributed by atoms with Crippen molar-refractivity contribution in [2.24, 2.45) is 0 Å². The SMILES string of the molecule is Cc1cc2sccc2c(N)c1Br. The molecule has 1 aromatic carbocycles. The molecule has 1 aromatic heterocycles. The summed E-state index contributed by atoms with van der Waals surface area (Å²) in [7, 11) is 0. The minimum Gasteiger partial charge on any atom is -0.397 e. The molecule has 0 aliphatic carbocycles. The highest BCUT2D eigenvalue weighted by Crippen LogP contribution is 2.34. The molecule has 0 fully saturated rings. The molecule has 0 unspecified atom stereocenters. The predicted molar refractivity (Wildman–Crippen MR) is 58.7 cm³/mol. The lowest BCUT2D eigenvalue weighted by molar-refractivity contribution is 1.47. The van der Waals surface area contributed by atoms with Crippen molar-refractivity contribution in [2.45, 2.75) is 6.92 Å². The molecule has 0 aliphatic heterocycles. The van der Waals surface area contributed by atoms with Gasteiger partial charge in [0.15, 0.2) is 0 Å². The van der Waals surface area contributed by atoms with E-state index < -0.39 is 0 Å². The van der Waals surface area contributed by atoms with E-state index in [1.807, 2.05) is 0 Å². The minimum absolute atomic E-state index is 0.853. The summed E-state index contributed by atoms with van der Waals surface area (Å²) in [5.74, 6) is 0. The summed E-state index contributed by atoms with van der Waals surface area (Å²) >= 11 is 5.19. The summed E-state index contributed by atoms with van der Waals surface area (Å²) in [6.07, 6.45) is 0. The van der Waals surface area contributed by atoms with Crippen LogP contribution in [0.5, 0.6) is 0 Å². The molecule has 12 heavy (non-hydrogen) atoms. The number of halogens is 1. The second kappa shape index (κ2) is 2.75. The van der Waals surface area contributed by atoms with E-state index in [9.17, 15) is 0 Å². The molecule has 3 heteroatoms. The molecule has 0 saturated heterocycles. The molecule has 2 N–H and O–H groups in total. The van der Waals surface area contributed by atoms with Crippen LogP contribution in [0.1, 0.15) is 5.56 Å². The van der Waals surface area contributed by atoms with Gasteiger partial charge in [-0.05, 0) is 45.9 Å². The van der Waals surface area contributed by atoms with Crippen LogP contribution in [0, 0.1) is 6.92 Å². The summed E-state index contributed by atoms with van der Waals surface area (Å²) < 4.78 is 2.28. The van der Waals surface area contributed by atoms with Crippen LogP contribution in [0.3, 0.4) is 0 Å². The van der Waals surface area contributed by atoms with Gasteiger partial charge in [0, 0.05) is 14.6 Å². The fraction of sp³-hybridized carbons (Fsp3) is 0.111. The second-order valence-corrected chi connectivity index (χ2v) is 4.49. The first kappa shape index (κ1) is 8.08. The maximum atomic E-state index is 5.92. The van der Waals surface area contributed by atoms with Crippen LogP contribution in [0.25, 0.3) is 10.1 Å². The van der Waals surface area contributed by atoms with Gasteiger partial charge in [0.05, 0.1) is 5.69 Å². The molecule has 0 radical (unpaired) electrons. The fourth-order valence-electron chi connectivity index (χ4n) is 1.25. The van der Waals surface area contributed by atoms with Gasteiger partial charge < -0.3 is 5.73 Å². The topological polar surface area (TPSA) is 26.0 Å². The Kier molecular flexibility index (Phi) is 1.85. The average Bonchev–Trinajstić information content (AvgIpc) is 2.48. The number of rotatable bonds is 0. The summed E-state index contributed by atoms with van der Waals surface area (Å²) in [6.45, 7) is 2.06. The summed E-state index contributed by atoms with van der Waals surface area (Å²) in [6, 6.07) is 4.21. The number of thiophene rings is 1. The number of aryl methyl sites for hydroxylation is 1. The Labute approximate surface area is 83.3 Å². The lowest BCUT2D eigenvalue weighted by atomic mass is 10.1. The van der Waals surface area contributed by atoms with Gasteiger partial charge in [-0.15, -0.1) is 11.3 Å². The van der Waals surface area contributed by atoms with Gasteiger partial charge in [-0.25, -0.2) is 0 Å². The maximum absolute atomic E-state index is 5.92. The maximum Gasteiger partial charge on any atom is 0.0549 e. The van der Waals surface area contributed by atoms with E-state index in [-0.39, 0.29) is 0 Å². The van der Waals surface area contributed by atoms with Gasteiger partial charge in [0.25, 0.3) is 0 Å². The van der Waals surface area contributed by atoms with Gasteiger partial charge in [-0.1, -0.05) is 0 Å². The largest absolute Gasteiger partial charge is 0.397 e. The zero-order valence-electron chi connectivity index (χ0n) is 6.60. The van der Waals surface area contributed by atoms with Crippen LogP contribution in [0.4, 0.5) is 5.69 Å². The molecule has 0 spiro atoms. The molecule has 62 valence electrons. The number of hydrogen-bond acceptors (Lipinski definition) is 2. The molecule has 2 aromatic rings. The number of nitrogen functional groups attached to an aromatic ring is 1. The molecular formula is C9H8BrNS. The standard InChI is InChI=1S/C9H8BrNS/c1-5-4-7-6(2-3-12-7)9(11)8(5)10/h2-4H,11H2,1H3. The monoisotopic (exact) mass is 241 g/mol. The first-order chi connectivity index (χ1) is 5.70. The van der Waals surface area contributed by atoms with Crippen LogP contribution in [0.2, 0.25) is 0 Å². The Bertz CT molecular complexity index is 433. The highest BCUT2D eigenvalue weighted by atomic mass is 79.9. The molecule has 1 nitrogen and oxygen atoms in total. The molecule has 0 aliphatic rings. The molecule has 0 amide bonds. The first-order valence-corrected chi connectivity index (χ1v) is 5.29. The van der Waals surface area contributed by atoms with Gasteiger partial charge in [-0.3, -0.25) is 0 Å². The number of anilines is 1. The number of fused-ring (bicyclic) bond motifs is 1. The van der Waals surface area contributed by atoms with Crippen molar-refractivity contribution in [1.29, 1.82) is 0 Å². The highest BCUT2D eigenvalue weighted by Gasteiger charge is 2.05. The third-order valence-corrected chi connectivity index (χ3v) is 3.83. The van der Waals surface area contributed by atoms with Crippen molar-refractivity contribution in [3.63, 3.8) is 0 Å². The molecular weight excluding hydrogens is 234 g/mol. The van der Waals surface area contributed by atoms with Crippen LogP contribution < -0.4 is 5.73 Å². The van der Waals surface area contributed by atoms with Gasteiger partial charge >= 0.3 is 0 Å². The minimum atomic E-state index is 0.853. The summed E-state index contributed by atoms with van der Waals surface area (Å²) in [5, 5.41) is 3.21. The average molecular weight is 242 g/mol. The highest BCUT2D eigenvalue weighted by molar-refractivity contribution is 9.10. The van der Waals surface area contributed by atoms with E-state index in [1.54, 1.807) is 11.3 Å². The van der Waals surface area contributed by atoms with Crippen molar-refractivity contribution < 1.29 is 0 Å². The molecule has 0 atom stereocenters. The smallest absolute Gasteiger partial charge is 0.0549 e. The Morgan fingerprint density at radius 3 is 3.00 bits per heavy atom. The van der Waals surface area contributed by atoms with E-state index in [0.29, 0.717) is 0 Å². The summed E-state index contributed by atoms with van der Waals surface area (Å²) in [4.78, 5) is 0. The zero-order valence-corrected chi connectivity index (χ0v) is 9.00. The van der Waals surface area contributed by atoms with Crippen LogP contribution in [0.15, 0.2) is 22.0 Å². The third-order valence-electron chi connectivity index (χ3n) is 1.92. The van der Waals surface area contributed by atoms with Crippen LogP contribution in [-0.4, -0.2) is 0 Å². The van der Waals surface area contributed by atoms with Crippen molar-refractivity contribution in [3.8, 4) is 0 Å². The molecule has 2 rings (SSSR count). The Hall–Kier alpha value is -0.540. The van der Waals surface area contributed by atoms with E-state index in [0.717, 1.165) is 15.5 Å². The van der Waals surface area contributed by atoms with Crippen molar-refractivity contribution >= 4 is 43.0 Å². The normalized spacial score (nSPS) is 10.8. The van der Waals surface area contributed by atoms with E-state index in [1.165, 1.54) is 10.3 Å². The predicted octanol–water partition coefficient (Wildman–Crippen LogP) is 3.55. The first-order valence-electron chi connectivity index (χ1n) is 3.62. The number of nitrogens with two attached hydrogens (primary N) is 1. The number of hydrogen-bond donors (Lipinski definition) is 1. The fourth-order valence-corrected chi connectivity index (χ4v) is 2.47. The zero-order chi connectivity index (χ0) is 8.72. The quantitative estimate of drug-likeness (QED) is 0.702. The number of benzene rings is 1. The van der Waals surface area contributed by atoms with Crippen LogP contribution >= 0.6 is 27.3 Å². The lowest BCUT2D eigenvalue weighted by Gasteiger charge is -2.03.